The third kappa shape index (κ3) is 3.38. The van der Waals surface area contributed by atoms with Gasteiger partial charge in [0.1, 0.15) is 0 Å². The molecule has 0 aliphatic rings. The molecule has 0 aliphatic heterocycles. The zero-order valence-electron chi connectivity index (χ0n) is 15.3. The molecule has 1 atom stereocenters. The molecule has 0 fully saturated rings. The maximum Gasteiger partial charge on any atom is 0.195 e. The number of carbonyl (C=O) groups is 1. The van der Waals surface area contributed by atoms with Crippen LogP contribution in [0.2, 0.25) is 0 Å². The van der Waals surface area contributed by atoms with Crippen molar-refractivity contribution in [3.8, 4) is 0 Å². The number of carbonyl (C=O) groups excluding carboxylic acids is 1. The molecule has 3 aromatic rings. The van der Waals surface area contributed by atoms with Crippen molar-refractivity contribution < 1.29 is 9.53 Å². The molecule has 130 valence electrons. The van der Waals surface area contributed by atoms with Crippen molar-refractivity contribution in [1.29, 1.82) is 0 Å². The minimum atomic E-state index is 0.0741. The molecule has 1 heterocycles. The number of hydrogen-bond acceptors (Lipinski definition) is 2. The molecule has 0 spiro atoms. The van der Waals surface area contributed by atoms with E-state index in [0.29, 0.717) is 6.61 Å². The highest BCUT2D eigenvalue weighted by Gasteiger charge is 2.23. The quantitative estimate of drug-likeness (QED) is 0.582. The van der Waals surface area contributed by atoms with E-state index in [1.807, 2.05) is 69.3 Å². The van der Waals surface area contributed by atoms with Crippen LogP contribution in [0.4, 0.5) is 0 Å². The van der Waals surface area contributed by atoms with Crippen LogP contribution >= 0.6 is 0 Å². The van der Waals surface area contributed by atoms with Gasteiger partial charge in [-0.3, -0.25) is 4.79 Å². The fourth-order valence-corrected chi connectivity index (χ4v) is 3.39. The summed E-state index contributed by atoms with van der Waals surface area (Å²) in [7, 11) is 0. The number of fused-ring (bicyclic) bond motifs is 1. The summed E-state index contributed by atoms with van der Waals surface area (Å²) < 4.78 is 8.04. The van der Waals surface area contributed by atoms with Gasteiger partial charge in [-0.25, -0.2) is 0 Å². The molecule has 2 aromatic carbocycles. The molecule has 3 heteroatoms. The van der Waals surface area contributed by atoms with Crippen LogP contribution in [0.25, 0.3) is 10.9 Å². The van der Waals surface area contributed by atoms with E-state index in [1.165, 1.54) is 0 Å². The molecule has 0 aliphatic carbocycles. The van der Waals surface area contributed by atoms with Crippen molar-refractivity contribution >= 4 is 16.7 Å². The van der Waals surface area contributed by atoms with Crippen LogP contribution in [0.15, 0.2) is 54.6 Å². The van der Waals surface area contributed by atoms with Gasteiger partial charge in [0.2, 0.25) is 0 Å². The zero-order chi connectivity index (χ0) is 18.0. The summed E-state index contributed by atoms with van der Waals surface area (Å²) in [6, 6.07) is 17.8. The van der Waals surface area contributed by atoms with Gasteiger partial charge >= 0.3 is 0 Å². The highest BCUT2D eigenvalue weighted by atomic mass is 16.5. The molecule has 0 amide bonds. The van der Waals surface area contributed by atoms with E-state index >= 15 is 0 Å². The van der Waals surface area contributed by atoms with Gasteiger partial charge in [-0.1, -0.05) is 48.5 Å². The Hall–Kier alpha value is -2.39. The number of aromatic nitrogens is 1. The molecule has 1 unspecified atom stereocenters. The fourth-order valence-electron chi connectivity index (χ4n) is 3.39. The van der Waals surface area contributed by atoms with Crippen molar-refractivity contribution in [1.82, 2.24) is 4.57 Å². The third-order valence-electron chi connectivity index (χ3n) is 4.53. The van der Waals surface area contributed by atoms with Crippen LogP contribution in [0.3, 0.4) is 0 Å². The summed E-state index contributed by atoms with van der Waals surface area (Å²) in [6.07, 6.45) is 0.190. The standard InChI is InChI=1S/C22H25NO2/c1-15(2)25-14-16(3)23-17(4)21(19-12-8-9-13-20(19)23)22(24)18-10-6-5-7-11-18/h5-13,15-16H,14H2,1-4H3. The predicted molar refractivity (Wildman–Crippen MR) is 102 cm³/mol. The number of benzene rings is 2. The molecule has 25 heavy (non-hydrogen) atoms. The van der Waals surface area contributed by atoms with Crippen molar-refractivity contribution in [2.45, 2.75) is 39.8 Å². The van der Waals surface area contributed by atoms with Crippen LogP contribution < -0.4 is 0 Å². The first kappa shape index (κ1) is 17.4. The lowest BCUT2D eigenvalue weighted by atomic mass is 10.0. The number of hydrogen-bond donors (Lipinski definition) is 0. The van der Waals surface area contributed by atoms with Crippen LogP contribution in [0.5, 0.6) is 0 Å². The molecule has 0 bridgehead atoms. The highest BCUT2D eigenvalue weighted by Crippen LogP contribution is 2.31. The molecular formula is C22H25NO2. The molecular weight excluding hydrogens is 310 g/mol. The number of para-hydroxylation sites is 1. The average Bonchev–Trinajstić information content (AvgIpc) is 2.91. The topological polar surface area (TPSA) is 31.2 Å². The Morgan fingerprint density at radius 1 is 1.00 bits per heavy atom. The molecule has 3 nitrogen and oxygen atoms in total. The van der Waals surface area contributed by atoms with E-state index in [2.05, 4.69) is 17.6 Å². The third-order valence-corrected chi connectivity index (χ3v) is 4.53. The van der Waals surface area contributed by atoms with Gasteiger partial charge in [0.05, 0.1) is 24.3 Å². The zero-order valence-corrected chi connectivity index (χ0v) is 15.3. The molecule has 0 N–H and O–H groups in total. The Kier molecular flexibility index (Phi) is 5.05. The summed E-state index contributed by atoms with van der Waals surface area (Å²) in [5, 5.41) is 1.00. The second-order valence-corrected chi connectivity index (χ2v) is 6.77. The van der Waals surface area contributed by atoms with Crippen LogP contribution in [-0.2, 0) is 4.74 Å². The van der Waals surface area contributed by atoms with E-state index in [-0.39, 0.29) is 17.9 Å². The number of ether oxygens (including phenoxy) is 1. The summed E-state index contributed by atoms with van der Waals surface area (Å²) >= 11 is 0. The highest BCUT2D eigenvalue weighted by molar-refractivity contribution is 6.17. The number of nitrogens with zero attached hydrogens (tertiary/aromatic N) is 1. The monoisotopic (exact) mass is 335 g/mol. The Bertz CT molecular complexity index is 878. The van der Waals surface area contributed by atoms with E-state index in [9.17, 15) is 4.79 Å². The van der Waals surface area contributed by atoms with Gasteiger partial charge in [-0.05, 0) is 33.8 Å². The second kappa shape index (κ2) is 7.24. The van der Waals surface area contributed by atoms with E-state index in [1.54, 1.807) is 0 Å². The first-order chi connectivity index (χ1) is 12.0. The van der Waals surface area contributed by atoms with Crippen molar-refractivity contribution in [3.63, 3.8) is 0 Å². The maximum atomic E-state index is 13.1. The molecule has 3 rings (SSSR count). The van der Waals surface area contributed by atoms with E-state index in [4.69, 9.17) is 4.74 Å². The van der Waals surface area contributed by atoms with Gasteiger partial charge in [0.25, 0.3) is 0 Å². The lowest BCUT2D eigenvalue weighted by molar-refractivity contribution is 0.0583. The Balaban J connectivity index is 2.11. The van der Waals surface area contributed by atoms with Crippen LogP contribution in [0, 0.1) is 6.92 Å². The minimum Gasteiger partial charge on any atom is -0.377 e. The molecule has 0 saturated carbocycles. The van der Waals surface area contributed by atoms with Gasteiger partial charge in [0, 0.05) is 22.2 Å². The Morgan fingerprint density at radius 3 is 2.32 bits per heavy atom. The first-order valence-corrected chi connectivity index (χ1v) is 8.81. The predicted octanol–water partition coefficient (Wildman–Crippen LogP) is 5.17. The van der Waals surface area contributed by atoms with Gasteiger partial charge in [-0.15, -0.1) is 0 Å². The number of ketones is 1. The molecule has 0 radical (unpaired) electrons. The average molecular weight is 335 g/mol. The van der Waals surface area contributed by atoms with E-state index < -0.39 is 0 Å². The second-order valence-electron chi connectivity index (χ2n) is 6.77. The summed E-state index contributed by atoms with van der Waals surface area (Å²) in [6.45, 7) is 8.87. The van der Waals surface area contributed by atoms with Crippen molar-refractivity contribution in [2.75, 3.05) is 6.61 Å². The van der Waals surface area contributed by atoms with Crippen molar-refractivity contribution in [2.24, 2.45) is 0 Å². The van der Waals surface area contributed by atoms with Crippen LogP contribution in [-0.4, -0.2) is 23.1 Å². The lowest BCUT2D eigenvalue weighted by Gasteiger charge is -2.19. The normalized spacial score (nSPS) is 12.7. The fraction of sp³-hybridized carbons (Fsp3) is 0.318. The largest absolute Gasteiger partial charge is 0.377 e. The Labute approximate surface area is 149 Å². The van der Waals surface area contributed by atoms with E-state index in [0.717, 1.165) is 27.7 Å². The van der Waals surface area contributed by atoms with Gasteiger partial charge in [0.15, 0.2) is 5.78 Å². The van der Waals surface area contributed by atoms with Gasteiger partial charge in [-0.2, -0.15) is 0 Å². The lowest BCUT2D eigenvalue weighted by Crippen LogP contribution is -2.17. The van der Waals surface area contributed by atoms with Crippen molar-refractivity contribution in [3.05, 3.63) is 71.4 Å². The number of rotatable bonds is 6. The first-order valence-electron chi connectivity index (χ1n) is 8.81. The summed E-state index contributed by atoms with van der Waals surface area (Å²) in [5.41, 5.74) is 3.59. The van der Waals surface area contributed by atoms with Gasteiger partial charge < -0.3 is 9.30 Å². The molecule has 0 saturated heterocycles. The Morgan fingerprint density at radius 2 is 1.64 bits per heavy atom. The smallest absolute Gasteiger partial charge is 0.195 e. The maximum absolute atomic E-state index is 13.1. The molecule has 1 aromatic heterocycles. The SMILES string of the molecule is Cc1c(C(=O)c2ccccc2)c2ccccc2n1C(C)COC(C)C. The van der Waals surface area contributed by atoms with Crippen LogP contribution in [0.1, 0.15) is 48.4 Å². The summed E-state index contributed by atoms with van der Waals surface area (Å²) in [4.78, 5) is 13.1. The minimum absolute atomic E-state index is 0.0741. The summed E-state index contributed by atoms with van der Waals surface area (Å²) in [5.74, 6) is 0.0741.